The molecule has 1 atom stereocenters. The molecule has 0 bridgehead atoms. The average molecular weight is 765 g/mol. The van der Waals surface area contributed by atoms with Crippen molar-refractivity contribution < 1.29 is 28.6 Å². The van der Waals surface area contributed by atoms with Crippen molar-refractivity contribution in [3.05, 3.63) is 0 Å². The maximum atomic E-state index is 12.7. The number of hydrogen-bond donors (Lipinski definition) is 0. The Hall–Kier alpha value is -1.59. The Labute approximate surface area is 336 Å². The highest BCUT2D eigenvalue weighted by molar-refractivity contribution is 5.71. The zero-order chi connectivity index (χ0) is 39.9. The number of ether oxygens (including phenoxy) is 3. The zero-order valence-corrected chi connectivity index (χ0v) is 37.0. The quantitative estimate of drug-likeness (QED) is 0.0350. The molecule has 0 amide bonds. The molecule has 0 saturated heterocycles. The van der Waals surface area contributed by atoms with E-state index in [4.69, 9.17) is 14.2 Å². The van der Waals surface area contributed by atoms with Crippen LogP contribution in [0.25, 0.3) is 0 Å². The minimum atomic E-state index is -0.762. The molecular formula is C48H92O6. The number of hydrogen-bond acceptors (Lipinski definition) is 6. The monoisotopic (exact) mass is 765 g/mol. The molecule has 0 fully saturated rings. The van der Waals surface area contributed by atoms with Gasteiger partial charge in [-0.15, -0.1) is 0 Å². The summed E-state index contributed by atoms with van der Waals surface area (Å²) < 4.78 is 16.7. The van der Waals surface area contributed by atoms with Gasteiger partial charge in [0.15, 0.2) is 6.10 Å². The van der Waals surface area contributed by atoms with Gasteiger partial charge in [-0.05, 0) is 37.0 Å². The molecule has 0 heterocycles. The fourth-order valence-corrected chi connectivity index (χ4v) is 7.06. The molecule has 0 rings (SSSR count). The molecule has 0 aromatic heterocycles. The molecule has 0 radical (unpaired) electrons. The first-order valence-electron chi connectivity index (χ1n) is 23.6. The Bertz CT molecular complexity index is 837. The molecule has 0 unspecified atom stereocenters. The Morgan fingerprint density at radius 1 is 0.315 bits per heavy atom. The van der Waals surface area contributed by atoms with E-state index < -0.39 is 6.10 Å². The Morgan fingerprint density at radius 3 is 0.796 bits per heavy atom. The lowest BCUT2D eigenvalue weighted by Crippen LogP contribution is -2.30. The highest BCUT2D eigenvalue weighted by Gasteiger charge is 2.19. The maximum absolute atomic E-state index is 12.7. The van der Waals surface area contributed by atoms with Crippen molar-refractivity contribution in [3.63, 3.8) is 0 Å². The van der Waals surface area contributed by atoms with E-state index >= 15 is 0 Å². The van der Waals surface area contributed by atoms with Crippen LogP contribution >= 0.6 is 0 Å². The van der Waals surface area contributed by atoms with E-state index in [-0.39, 0.29) is 31.1 Å². The minimum absolute atomic E-state index is 0.0662. The number of unbranched alkanes of at least 4 members (excludes halogenated alkanes) is 24. The summed E-state index contributed by atoms with van der Waals surface area (Å²) >= 11 is 0. The van der Waals surface area contributed by atoms with Crippen molar-refractivity contribution in [2.75, 3.05) is 13.2 Å². The molecule has 6 heteroatoms. The van der Waals surface area contributed by atoms with Gasteiger partial charge in [-0.2, -0.15) is 0 Å². The number of esters is 3. The van der Waals surface area contributed by atoms with Gasteiger partial charge < -0.3 is 14.2 Å². The van der Waals surface area contributed by atoms with E-state index in [1.807, 2.05) is 0 Å². The highest BCUT2D eigenvalue weighted by atomic mass is 16.6. The lowest BCUT2D eigenvalue weighted by molar-refractivity contribution is -0.167. The largest absolute Gasteiger partial charge is 0.462 e. The minimum Gasteiger partial charge on any atom is -0.462 e. The summed E-state index contributed by atoms with van der Waals surface area (Å²) in [5, 5.41) is 0. The van der Waals surface area contributed by atoms with Gasteiger partial charge in [-0.25, -0.2) is 0 Å². The molecule has 0 aromatic rings. The summed E-state index contributed by atoms with van der Waals surface area (Å²) in [6, 6.07) is 0. The second-order valence-corrected chi connectivity index (χ2v) is 17.8. The molecular weight excluding hydrogens is 673 g/mol. The van der Waals surface area contributed by atoms with Crippen molar-refractivity contribution in [2.45, 2.75) is 260 Å². The summed E-state index contributed by atoms with van der Waals surface area (Å²) in [6.45, 7) is 13.6. The Kier molecular flexibility index (Phi) is 38.5. The van der Waals surface area contributed by atoms with Crippen molar-refractivity contribution in [1.82, 2.24) is 0 Å². The zero-order valence-electron chi connectivity index (χ0n) is 37.0. The van der Waals surface area contributed by atoms with Crippen molar-refractivity contribution >= 4 is 17.9 Å². The van der Waals surface area contributed by atoms with Crippen LogP contribution in [0.3, 0.4) is 0 Å². The number of carbonyl (C=O) groups excluding carboxylic acids is 3. The second-order valence-electron chi connectivity index (χ2n) is 17.8. The van der Waals surface area contributed by atoms with Crippen LogP contribution < -0.4 is 0 Å². The van der Waals surface area contributed by atoms with Crippen molar-refractivity contribution in [3.8, 4) is 0 Å². The van der Waals surface area contributed by atoms with E-state index in [0.29, 0.717) is 19.3 Å². The van der Waals surface area contributed by atoms with E-state index in [1.54, 1.807) is 0 Å². The SMILES string of the molecule is CC(C)CCCCCCCCCCCCC(=O)O[C@@H](COC(=O)CCCCCCCCCCCC(C)C)COC(=O)CCCCCCCCCCC(C)C. The third kappa shape index (κ3) is 41.6. The number of carbonyl (C=O) groups is 3. The first kappa shape index (κ1) is 52.4. The first-order chi connectivity index (χ1) is 26.1. The topological polar surface area (TPSA) is 78.9 Å². The van der Waals surface area contributed by atoms with Gasteiger partial charge in [0.2, 0.25) is 0 Å². The number of rotatable bonds is 41. The van der Waals surface area contributed by atoms with Gasteiger partial charge in [-0.1, -0.05) is 215 Å². The van der Waals surface area contributed by atoms with E-state index in [1.165, 1.54) is 135 Å². The summed E-state index contributed by atoms with van der Waals surface area (Å²) in [5.74, 6) is 1.56. The average Bonchev–Trinajstić information content (AvgIpc) is 3.12. The van der Waals surface area contributed by atoms with Crippen molar-refractivity contribution in [2.24, 2.45) is 17.8 Å². The standard InChI is InChI=1S/C48H92O6/c1-42(2)34-28-22-16-10-7-8-12-21-27-33-39-48(51)54-45(41-53-47(50)38-32-26-20-15-14-18-24-30-36-44(5)6)40-52-46(49)37-31-25-19-13-9-11-17-23-29-35-43(3)4/h42-45H,7-41H2,1-6H3/t45-/m0/s1. The predicted molar refractivity (Wildman–Crippen MR) is 229 cm³/mol. The maximum Gasteiger partial charge on any atom is 0.306 e. The lowest BCUT2D eigenvalue weighted by Gasteiger charge is -2.18. The van der Waals surface area contributed by atoms with Gasteiger partial charge in [0, 0.05) is 19.3 Å². The van der Waals surface area contributed by atoms with Gasteiger partial charge >= 0.3 is 17.9 Å². The summed E-state index contributed by atoms with van der Waals surface area (Å²) in [4.78, 5) is 37.8. The van der Waals surface area contributed by atoms with Crippen LogP contribution in [-0.2, 0) is 28.6 Å². The molecule has 0 aliphatic rings. The van der Waals surface area contributed by atoms with Gasteiger partial charge in [-0.3, -0.25) is 14.4 Å². The smallest absolute Gasteiger partial charge is 0.306 e. The van der Waals surface area contributed by atoms with Crippen LogP contribution in [0.15, 0.2) is 0 Å². The Balaban J connectivity index is 4.35. The van der Waals surface area contributed by atoms with Crippen LogP contribution in [0.5, 0.6) is 0 Å². The Morgan fingerprint density at radius 2 is 0.537 bits per heavy atom. The van der Waals surface area contributed by atoms with Crippen LogP contribution in [0.2, 0.25) is 0 Å². The van der Waals surface area contributed by atoms with E-state index in [2.05, 4.69) is 41.5 Å². The summed E-state index contributed by atoms with van der Waals surface area (Å²) in [6.07, 6.45) is 36.7. The summed E-state index contributed by atoms with van der Waals surface area (Å²) in [5.41, 5.74) is 0. The lowest BCUT2D eigenvalue weighted by atomic mass is 10.0. The third-order valence-electron chi connectivity index (χ3n) is 10.6. The summed E-state index contributed by atoms with van der Waals surface area (Å²) in [7, 11) is 0. The molecule has 0 N–H and O–H groups in total. The third-order valence-corrected chi connectivity index (χ3v) is 10.6. The highest BCUT2D eigenvalue weighted by Crippen LogP contribution is 2.17. The van der Waals surface area contributed by atoms with E-state index in [0.717, 1.165) is 75.5 Å². The van der Waals surface area contributed by atoms with Crippen LogP contribution in [0.1, 0.15) is 253 Å². The van der Waals surface area contributed by atoms with Gasteiger partial charge in [0.1, 0.15) is 13.2 Å². The second kappa shape index (κ2) is 39.6. The molecule has 0 spiro atoms. The fraction of sp³-hybridized carbons (Fsp3) is 0.938. The van der Waals surface area contributed by atoms with Crippen molar-refractivity contribution in [1.29, 1.82) is 0 Å². The van der Waals surface area contributed by atoms with Gasteiger partial charge in [0.05, 0.1) is 0 Å². The molecule has 54 heavy (non-hydrogen) atoms. The van der Waals surface area contributed by atoms with Crippen LogP contribution in [0, 0.1) is 17.8 Å². The first-order valence-corrected chi connectivity index (χ1v) is 23.6. The van der Waals surface area contributed by atoms with Gasteiger partial charge in [0.25, 0.3) is 0 Å². The van der Waals surface area contributed by atoms with Crippen LogP contribution in [0.4, 0.5) is 0 Å². The van der Waals surface area contributed by atoms with E-state index in [9.17, 15) is 14.4 Å². The molecule has 320 valence electrons. The van der Waals surface area contributed by atoms with Crippen LogP contribution in [-0.4, -0.2) is 37.2 Å². The molecule has 0 saturated carbocycles. The molecule has 0 aliphatic carbocycles. The molecule has 6 nitrogen and oxygen atoms in total. The normalized spacial score (nSPS) is 12.2. The fourth-order valence-electron chi connectivity index (χ4n) is 7.06. The predicted octanol–water partition coefficient (Wildman–Crippen LogP) is 14.8. The molecule has 0 aromatic carbocycles. The molecule has 0 aliphatic heterocycles.